The molecule has 0 spiro atoms. The molecule has 0 radical (unpaired) electrons. The van der Waals surface area contributed by atoms with Crippen LogP contribution < -0.4 is 10.1 Å². The molecular formula is C16H18ClNO2. The highest BCUT2D eigenvalue weighted by Gasteiger charge is 2.12. The van der Waals surface area contributed by atoms with Gasteiger partial charge in [0.2, 0.25) is 0 Å². The Morgan fingerprint density at radius 3 is 2.60 bits per heavy atom. The fourth-order valence-corrected chi connectivity index (χ4v) is 2.20. The second-order valence-electron chi connectivity index (χ2n) is 4.75. The van der Waals surface area contributed by atoms with Gasteiger partial charge in [0.05, 0.1) is 13.2 Å². The number of rotatable bonds is 4. The van der Waals surface area contributed by atoms with Crippen molar-refractivity contribution in [2.45, 2.75) is 19.9 Å². The lowest BCUT2D eigenvalue weighted by Gasteiger charge is -2.18. The number of methoxy groups -OCH3 is 1. The first-order valence-electron chi connectivity index (χ1n) is 6.41. The van der Waals surface area contributed by atoms with Crippen LogP contribution in [0.1, 0.15) is 24.1 Å². The Labute approximate surface area is 124 Å². The molecule has 0 saturated heterocycles. The number of phenols is 1. The molecule has 1 atom stereocenters. The van der Waals surface area contributed by atoms with Crippen molar-refractivity contribution < 1.29 is 9.84 Å². The smallest absolute Gasteiger partial charge is 0.121 e. The van der Waals surface area contributed by atoms with Gasteiger partial charge in [0.15, 0.2) is 0 Å². The van der Waals surface area contributed by atoms with Crippen molar-refractivity contribution in [3.8, 4) is 11.5 Å². The number of hydrogen-bond acceptors (Lipinski definition) is 3. The van der Waals surface area contributed by atoms with Crippen LogP contribution in [0.3, 0.4) is 0 Å². The van der Waals surface area contributed by atoms with E-state index in [9.17, 15) is 5.11 Å². The van der Waals surface area contributed by atoms with Crippen molar-refractivity contribution in [1.29, 1.82) is 0 Å². The summed E-state index contributed by atoms with van der Waals surface area (Å²) in [4.78, 5) is 0. The molecule has 3 nitrogen and oxygen atoms in total. The summed E-state index contributed by atoms with van der Waals surface area (Å²) in [6.07, 6.45) is 0. The van der Waals surface area contributed by atoms with Gasteiger partial charge in [0.25, 0.3) is 0 Å². The van der Waals surface area contributed by atoms with E-state index in [0.29, 0.717) is 5.75 Å². The number of phenolic OH excluding ortho intramolecular Hbond substituents is 1. The van der Waals surface area contributed by atoms with Gasteiger partial charge in [-0.1, -0.05) is 17.7 Å². The summed E-state index contributed by atoms with van der Waals surface area (Å²) in [5, 5.41) is 14.0. The molecule has 2 rings (SSSR count). The van der Waals surface area contributed by atoms with Crippen LogP contribution in [0.15, 0.2) is 36.4 Å². The summed E-state index contributed by atoms with van der Waals surface area (Å²) in [5.74, 6) is 0.956. The standard InChI is InChI=1S/C16H18ClNO2/c1-10-4-5-12(8-15(10)17)18-11(2)14-9-13(20-3)6-7-16(14)19/h4-9,11,18-19H,1-3H3. The number of aryl methyl sites for hydroxylation is 1. The Hall–Kier alpha value is -1.87. The molecule has 0 aliphatic carbocycles. The van der Waals surface area contributed by atoms with Crippen LogP contribution in [0.4, 0.5) is 5.69 Å². The maximum Gasteiger partial charge on any atom is 0.121 e. The molecule has 2 aromatic carbocycles. The SMILES string of the molecule is COc1ccc(O)c(C(C)Nc2ccc(C)c(Cl)c2)c1. The van der Waals surface area contributed by atoms with E-state index in [1.54, 1.807) is 19.2 Å². The largest absolute Gasteiger partial charge is 0.508 e. The third kappa shape index (κ3) is 3.17. The van der Waals surface area contributed by atoms with Gasteiger partial charge in [0, 0.05) is 16.3 Å². The molecule has 0 aliphatic heterocycles. The third-order valence-electron chi connectivity index (χ3n) is 3.26. The molecule has 4 heteroatoms. The molecular weight excluding hydrogens is 274 g/mol. The quantitative estimate of drug-likeness (QED) is 0.869. The molecule has 0 fully saturated rings. The van der Waals surface area contributed by atoms with Gasteiger partial charge in [-0.25, -0.2) is 0 Å². The van der Waals surface area contributed by atoms with Gasteiger partial charge >= 0.3 is 0 Å². The first-order chi connectivity index (χ1) is 9.51. The molecule has 2 N–H and O–H groups in total. The summed E-state index contributed by atoms with van der Waals surface area (Å²) >= 11 is 6.11. The van der Waals surface area contributed by atoms with E-state index in [2.05, 4.69) is 5.32 Å². The number of ether oxygens (including phenoxy) is 1. The van der Waals surface area contributed by atoms with Crippen molar-refractivity contribution in [2.75, 3.05) is 12.4 Å². The maximum atomic E-state index is 9.96. The second kappa shape index (κ2) is 6.06. The van der Waals surface area contributed by atoms with Gasteiger partial charge in [0.1, 0.15) is 11.5 Å². The Balaban J connectivity index is 2.23. The summed E-state index contributed by atoms with van der Waals surface area (Å²) in [6.45, 7) is 3.94. The minimum atomic E-state index is -0.0659. The lowest BCUT2D eigenvalue weighted by atomic mass is 10.1. The summed E-state index contributed by atoms with van der Waals surface area (Å²) in [5.41, 5.74) is 2.73. The number of nitrogens with one attached hydrogen (secondary N) is 1. The summed E-state index contributed by atoms with van der Waals surface area (Å²) in [7, 11) is 1.61. The normalized spacial score (nSPS) is 12.0. The van der Waals surface area contributed by atoms with Crippen LogP contribution >= 0.6 is 11.6 Å². The predicted octanol–water partition coefficient (Wildman–Crippen LogP) is 4.54. The molecule has 0 bridgehead atoms. The highest BCUT2D eigenvalue weighted by Crippen LogP contribution is 2.31. The molecule has 0 amide bonds. The molecule has 0 heterocycles. The average Bonchev–Trinajstić information content (AvgIpc) is 2.43. The molecule has 0 aromatic heterocycles. The van der Waals surface area contributed by atoms with Gasteiger partial charge in [-0.15, -0.1) is 0 Å². The molecule has 20 heavy (non-hydrogen) atoms. The Morgan fingerprint density at radius 2 is 1.95 bits per heavy atom. The first-order valence-corrected chi connectivity index (χ1v) is 6.78. The molecule has 0 saturated carbocycles. The lowest BCUT2D eigenvalue weighted by molar-refractivity contribution is 0.410. The van der Waals surface area contributed by atoms with E-state index in [1.165, 1.54) is 0 Å². The molecule has 1 unspecified atom stereocenters. The Bertz CT molecular complexity index is 613. The fourth-order valence-electron chi connectivity index (χ4n) is 2.02. The van der Waals surface area contributed by atoms with E-state index in [1.807, 2.05) is 38.1 Å². The van der Waals surface area contributed by atoms with Crippen LogP contribution in [0.25, 0.3) is 0 Å². The van der Waals surface area contributed by atoms with Crippen LogP contribution in [0, 0.1) is 6.92 Å². The van der Waals surface area contributed by atoms with E-state index < -0.39 is 0 Å². The topological polar surface area (TPSA) is 41.5 Å². The highest BCUT2D eigenvalue weighted by atomic mass is 35.5. The average molecular weight is 292 g/mol. The van der Waals surface area contributed by atoms with Gasteiger partial charge in [-0.3, -0.25) is 0 Å². The van der Waals surface area contributed by atoms with Crippen molar-refractivity contribution in [3.63, 3.8) is 0 Å². The highest BCUT2D eigenvalue weighted by molar-refractivity contribution is 6.31. The number of halogens is 1. The van der Waals surface area contributed by atoms with Crippen LogP contribution in [-0.4, -0.2) is 12.2 Å². The number of aromatic hydroxyl groups is 1. The zero-order valence-corrected chi connectivity index (χ0v) is 12.5. The van der Waals surface area contributed by atoms with Crippen LogP contribution in [-0.2, 0) is 0 Å². The second-order valence-corrected chi connectivity index (χ2v) is 5.16. The van der Waals surface area contributed by atoms with Crippen molar-refractivity contribution in [2.24, 2.45) is 0 Å². The van der Waals surface area contributed by atoms with Crippen molar-refractivity contribution in [1.82, 2.24) is 0 Å². The van der Waals surface area contributed by atoms with Crippen molar-refractivity contribution in [3.05, 3.63) is 52.5 Å². The number of benzene rings is 2. The van der Waals surface area contributed by atoms with Gasteiger partial charge < -0.3 is 15.2 Å². The van der Waals surface area contributed by atoms with E-state index in [4.69, 9.17) is 16.3 Å². The fraction of sp³-hybridized carbons (Fsp3) is 0.250. The zero-order chi connectivity index (χ0) is 14.7. The van der Waals surface area contributed by atoms with E-state index in [-0.39, 0.29) is 11.8 Å². The Kier molecular flexibility index (Phi) is 4.40. The molecule has 106 valence electrons. The maximum absolute atomic E-state index is 9.96. The van der Waals surface area contributed by atoms with Gasteiger partial charge in [-0.05, 0) is 49.7 Å². The monoisotopic (exact) mass is 291 g/mol. The van der Waals surface area contributed by atoms with Crippen molar-refractivity contribution >= 4 is 17.3 Å². The number of hydrogen-bond donors (Lipinski definition) is 2. The number of anilines is 1. The zero-order valence-electron chi connectivity index (χ0n) is 11.8. The first kappa shape index (κ1) is 14.5. The molecule has 2 aromatic rings. The lowest BCUT2D eigenvalue weighted by Crippen LogP contribution is -2.07. The molecule has 0 aliphatic rings. The van der Waals surface area contributed by atoms with Gasteiger partial charge in [-0.2, -0.15) is 0 Å². The van der Waals surface area contributed by atoms with Crippen LogP contribution in [0.5, 0.6) is 11.5 Å². The summed E-state index contributed by atoms with van der Waals surface area (Å²) < 4.78 is 5.19. The predicted molar refractivity (Wildman–Crippen MR) is 82.9 cm³/mol. The van der Waals surface area contributed by atoms with E-state index in [0.717, 1.165) is 21.8 Å². The summed E-state index contributed by atoms with van der Waals surface area (Å²) in [6, 6.07) is 10.9. The third-order valence-corrected chi connectivity index (χ3v) is 3.66. The Morgan fingerprint density at radius 1 is 1.20 bits per heavy atom. The van der Waals surface area contributed by atoms with E-state index >= 15 is 0 Å². The minimum absolute atomic E-state index is 0.0659. The minimum Gasteiger partial charge on any atom is -0.508 e. The van der Waals surface area contributed by atoms with Crippen LogP contribution in [0.2, 0.25) is 5.02 Å².